The molecule has 0 aliphatic heterocycles. The summed E-state index contributed by atoms with van der Waals surface area (Å²) < 4.78 is 6.78. The Bertz CT molecular complexity index is 746. The van der Waals surface area contributed by atoms with E-state index in [4.69, 9.17) is 4.74 Å². The van der Waals surface area contributed by atoms with E-state index >= 15 is 0 Å². The lowest BCUT2D eigenvalue weighted by Crippen LogP contribution is -1.98. The number of phenols is 1. The van der Waals surface area contributed by atoms with Gasteiger partial charge in [0.05, 0.1) is 17.7 Å². The highest BCUT2D eigenvalue weighted by Gasteiger charge is 2.13. The summed E-state index contributed by atoms with van der Waals surface area (Å²) in [5, 5.41) is 22.2. The molecule has 1 N–H and O–H groups in total. The number of para-hydroxylation sites is 1. The Morgan fingerprint density at radius 1 is 1.14 bits per heavy atom. The lowest BCUT2D eigenvalue weighted by atomic mass is 10.3. The number of phenolic OH excluding ortho intramolecular Hbond substituents is 1. The molecule has 1 heterocycles. The maximum absolute atomic E-state index is 9.94. The molecule has 0 spiro atoms. The van der Waals surface area contributed by atoms with Gasteiger partial charge >= 0.3 is 0 Å². The molecule has 0 amide bonds. The summed E-state index contributed by atoms with van der Waals surface area (Å²) in [5.74, 6) is 0.817. The quantitative estimate of drug-likeness (QED) is 0.798. The van der Waals surface area contributed by atoms with Crippen molar-refractivity contribution in [3.05, 3.63) is 48.5 Å². The van der Waals surface area contributed by atoms with Gasteiger partial charge in [0.1, 0.15) is 11.5 Å². The third-order valence-corrected chi connectivity index (χ3v) is 3.79. The Balaban J connectivity index is 1.95. The first kappa shape index (κ1) is 13.4. The number of rotatable bonds is 4. The Kier molecular flexibility index (Phi) is 3.74. The summed E-state index contributed by atoms with van der Waals surface area (Å²) in [6.45, 7) is 0. The predicted octanol–water partition coefficient (Wildman–Crippen LogP) is 2.53. The molecule has 0 aliphatic rings. The number of nitrogens with zero attached hydrogens (tertiary/aromatic N) is 4. The summed E-state index contributed by atoms with van der Waals surface area (Å²) in [5.41, 5.74) is 0.854. The summed E-state index contributed by atoms with van der Waals surface area (Å²) in [7, 11) is 1.58. The van der Waals surface area contributed by atoms with Gasteiger partial charge in [-0.3, -0.25) is 0 Å². The van der Waals surface area contributed by atoms with Crippen molar-refractivity contribution < 1.29 is 9.84 Å². The van der Waals surface area contributed by atoms with E-state index in [1.807, 2.05) is 30.3 Å². The molecule has 7 heteroatoms. The van der Waals surface area contributed by atoms with Crippen molar-refractivity contribution in [3.8, 4) is 17.2 Å². The van der Waals surface area contributed by atoms with E-state index < -0.39 is 0 Å². The first-order valence-corrected chi connectivity index (χ1v) is 6.98. The predicted molar refractivity (Wildman–Crippen MR) is 77.9 cm³/mol. The minimum atomic E-state index is 0.156. The van der Waals surface area contributed by atoms with Gasteiger partial charge in [0.25, 0.3) is 0 Å². The summed E-state index contributed by atoms with van der Waals surface area (Å²) in [4.78, 5) is 0.626. The average Bonchev–Trinajstić information content (AvgIpc) is 2.98. The SMILES string of the molecule is COc1ccc(O)c(Sc2nnnn2-c2ccccc2)c1. The molecule has 2 aromatic carbocycles. The number of hydrogen-bond acceptors (Lipinski definition) is 6. The molecule has 0 atom stereocenters. The van der Waals surface area contributed by atoms with Gasteiger partial charge in [-0.05, 0) is 52.5 Å². The molecule has 0 aliphatic carbocycles. The second-order valence-corrected chi connectivity index (χ2v) is 5.15. The van der Waals surface area contributed by atoms with Crippen molar-refractivity contribution in [3.63, 3.8) is 0 Å². The van der Waals surface area contributed by atoms with Gasteiger partial charge in [-0.25, -0.2) is 0 Å². The molecule has 106 valence electrons. The third kappa shape index (κ3) is 2.82. The van der Waals surface area contributed by atoms with Crippen LogP contribution in [0.5, 0.6) is 11.5 Å². The third-order valence-electron chi connectivity index (χ3n) is 2.81. The van der Waals surface area contributed by atoms with Crippen LogP contribution in [0.3, 0.4) is 0 Å². The van der Waals surface area contributed by atoms with Crippen LogP contribution in [-0.2, 0) is 0 Å². The summed E-state index contributed by atoms with van der Waals surface area (Å²) in [6, 6.07) is 14.6. The van der Waals surface area contributed by atoms with Crippen LogP contribution in [0.15, 0.2) is 58.6 Å². The van der Waals surface area contributed by atoms with Crippen LogP contribution >= 0.6 is 11.8 Å². The normalized spacial score (nSPS) is 10.5. The first-order valence-electron chi connectivity index (χ1n) is 6.16. The maximum Gasteiger partial charge on any atom is 0.219 e. The average molecular weight is 300 g/mol. The maximum atomic E-state index is 9.94. The molecule has 0 unspecified atom stereocenters. The van der Waals surface area contributed by atoms with Gasteiger partial charge in [0.2, 0.25) is 5.16 Å². The Morgan fingerprint density at radius 2 is 1.95 bits per heavy atom. The van der Waals surface area contributed by atoms with Gasteiger partial charge in [-0.2, -0.15) is 4.68 Å². The minimum absolute atomic E-state index is 0.156. The van der Waals surface area contributed by atoms with E-state index in [-0.39, 0.29) is 5.75 Å². The van der Waals surface area contributed by atoms with Gasteiger partial charge in [-0.15, -0.1) is 5.10 Å². The van der Waals surface area contributed by atoms with Gasteiger partial charge in [-0.1, -0.05) is 18.2 Å². The van der Waals surface area contributed by atoms with Crippen LogP contribution in [0.1, 0.15) is 0 Å². The van der Waals surface area contributed by atoms with E-state index in [0.717, 1.165) is 5.69 Å². The molecule has 0 bridgehead atoms. The van der Waals surface area contributed by atoms with Crippen LogP contribution in [0.2, 0.25) is 0 Å². The monoisotopic (exact) mass is 300 g/mol. The van der Waals surface area contributed by atoms with Crippen molar-refractivity contribution in [2.24, 2.45) is 0 Å². The molecular formula is C14H12N4O2S. The largest absolute Gasteiger partial charge is 0.507 e. The second-order valence-electron chi connectivity index (χ2n) is 4.14. The van der Waals surface area contributed by atoms with Crippen molar-refractivity contribution in [1.29, 1.82) is 0 Å². The van der Waals surface area contributed by atoms with Crippen LogP contribution in [-0.4, -0.2) is 32.4 Å². The molecule has 6 nitrogen and oxygen atoms in total. The standard InChI is InChI=1S/C14H12N4O2S/c1-20-11-7-8-12(19)13(9-11)21-14-15-16-17-18(14)10-5-3-2-4-6-10/h2-9,19H,1H3. The molecule has 0 fully saturated rings. The van der Waals surface area contributed by atoms with E-state index in [1.54, 1.807) is 30.0 Å². The number of hydrogen-bond donors (Lipinski definition) is 1. The molecule has 0 saturated carbocycles. The Morgan fingerprint density at radius 3 is 2.71 bits per heavy atom. The molecule has 0 radical (unpaired) electrons. The zero-order valence-electron chi connectivity index (χ0n) is 11.2. The molecular weight excluding hydrogens is 288 g/mol. The highest BCUT2D eigenvalue weighted by molar-refractivity contribution is 7.99. The van der Waals surface area contributed by atoms with Gasteiger partial charge in [0, 0.05) is 0 Å². The van der Waals surface area contributed by atoms with Crippen LogP contribution < -0.4 is 4.74 Å². The van der Waals surface area contributed by atoms with Gasteiger partial charge < -0.3 is 9.84 Å². The number of tetrazole rings is 1. The fourth-order valence-electron chi connectivity index (χ4n) is 1.78. The molecule has 21 heavy (non-hydrogen) atoms. The number of benzene rings is 2. The molecule has 1 aromatic heterocycles. The van der Waals surface area contributed by atoms with E-state index in [2.05, 4.69) is 15.5 Å². The minimum Gasteiger partial charge on any atom is -0.507 e. The summed E-state index contributed by atoms with van der Waals surface area (Å²) in [6.07, 6.45) is 0. The number of aromatic hydroxyl groups is 1. The number of ether oxygens (including phenoxy) is 1. The van der Waals surface area contributed by atoms with Crippen molar-refractivity contribution in [2.45, 2.75) is 10.1 Å². The molecule has 3 aromatic rings. The number of methoxy groups -OCH3 is 1. The van der Waals surface area contributed by atoms with Gasteiger partial charge in [0.15, 0.2) is 0 Å². The van der Waals surface area contributed by atoms with Crippen LogP contribution in [0.4, 0.5) is 0 Å². The summed E-state index contributed by atoms with van der Waals surface area (Å²) >= 11 is 1.27. The van der Waals surface area contributed by atoms with Crippen LogP contribution in [0, 0.1) is 0 Å². The van der Waals surface area contributed by atoms with Crippen molar-refractivity contribution in [1.82, 2.24) is 20.2 Å². The highest BCUT2D eigenvalue weighted by Crippen LogP contribution is 2.36. The Labute approximate surface area is 125 Å². The second kappa shape index (κ2) is 5.84. The highest BCUT2D eigenvalue weighted by atomic mass is 32.2. The fraction of sp³-hybridized carbons (Fsp3) is 0.0714. The fourth-order valence-corrected chi connectivity index (χ4v) is 2.63. The number of aromatic nitrogens is 4. The van der Waals surface area contributed by atoms with Crippen molar-refractivity contribution >= 4 is 11.8 Å². The Hall–Kier alpha value is -2.54. The van der Waals surface area contributed by atoms with E-state index in [0.29, 0.717) is 15.8 Å². The van der Waals surface area contributed by atoms with E-state index in [1.165, 1.54) is 11.8 Å². The smallest absolute Gasteiger partial charge is 0.219 e. The zero-order chi connectivity index (χ0) is 14.7. The molecule has 3 rings (SSSR count). The zero-order valence-corrected chi connectivity index (χ0v) is 12.0. The topological polar surface area (TPSA) is 73.1 Å². The lowest BCUT2D eigenvalue weighted by molar-refractivity contribution is 0.409. The van der Waals surface area contributed by atoms with E-state index in [9.17, 15) is 5.11 Å². The molecule has 0 saturated heterocycles. The van der Waals surface area contributed by atoms with Crippen molar-refractivity contribution in [2.75, 3.05) is 7.11 Å². The lowest BCUT2D eigenvalue weighted by Gasteiger charge is -2.07. The van der Waals surface area contributed by atoms with Crippen LogP contribution in [0.25, 0.3) is 5.69 Å². The first-order chi connectivity index (χ1) is 10.3.